The van der Waals surface area contributed by atoms with Crippen LogP contribution in [0.5, 0.6) is 0 Å². The monoisotopic (exact) mass is 380 g/mol. The van der Waals surface area contributed by atoms with Gasteiger partial charge in [0.2, 0.25) is 0 Å². The van der Waals surface area contributed by atoms with Crippen LogP contribution in [0.1, 0.15) is 105 Å². The number of cyclic esters (lactones) is 1. The summed E-state index contributed by atoms with van der Waals surface area (Å²) in [5.74, 6) is 0.629. The molecule has 0 N–H and O–H groups in total. The summed E-state index contributed by atoms with van der Waals surface area (Å²) in [6, 6.07) is 0. The Balaban J connectivity index is 2.03. The molecule has 2 saturated heterocycles. The first kappa shape index (κ1) is 22.4. The van der Waals surface area contributed by atoms with Gasteiger partial charge in [-0.05, 0) is 38.5 Å². The molecule has 0 aliphatic carbocycles. The summed E-state index contributed by atoms with van der Waals surface area (Å²) in [6.45, 7) is 11.0. The third-order valence-electron chi connectivity index (χ3n) is 6.97. The molecular formula is C23H40O4. The van der Waals surface area contributed by atoms with Gasteiger partial charge in [-0.3, -0.25) is 9.59 Å². The number of ether oxygens (including phenoxy) is 2. The fourth-order valence-electron chi connectivity index (χ4n) is 4.51. The molecule has 4 nitrogen and oxygen atoms in total. The van der Waals surface area contributed by atoms with Crippen molar-refractivity contribution in [3.8, 4) is 0 Å². The Hall–Kier alpha value is -0.900. The van der Waals surface area contributed by atoms with Crippen LogP contribution in [0.25, 0.3) is 0 Å². The maximum atomic E-state index is 12.6. The number of hydrogen-bond donors (Lipinski definition) is 0. The summed E-state index contributed by atoms with van der Waals surface area (Å²) in [5, 5.41) is 0. The molecule has 0 aromatic rings. The topological polar surface area (TPSA) is 55.9 Å². The highest BCUT2D eigenvalue weighted by Crippen LogP contribution is 2.56. The summed E-state index contributed by atoms with van der Waals surface area (Å²) >= 11 is 0. The highest BCUT2D eigenvalue weighted by atomic mass is 16.6. The van der Waals surface area contributed by atoms with Crippen molar-refractivity contribution >= 4 is 11.8 Å². The molecule has 0 bridgehead atoms. The number of hydrogen-bond acceptors (Lipinski definition) is 4. The zero-order chi connectivity index (χ0) is 20.1. The van der Waals surface area contributed by atoms with E-state index >= 15 is 0 Å². The maximum absolute atomic E-state index is 12.6. The first-order valence-corrected chi connectivity index (χ1v) is 11.0. The summed E-state index contributed by atoms with van der Waals surface area (Å²) < 4.78 is 11.8. The van der Waals surface area contributed by atoms with Gasteiger partial charge in [-0.2, -0.15) is 0 Å². The summed E-state index contributed by atoms with van der Waals surface area (Å²) in [6.07, 6.45) is 9.88. The molecule has 3 atom stereocenters. The molecule has 0 radical (unpaired) electrons. The Morgan fingerprint density at radius 2 is 1.78 bits per heavy atom. The molecule has 0 amide bonds. The van der Waals surface area contributed by atoms with Gasteiger partial charge in [0.25, 0.3) is 0 Å². The van der Waals surface area contributed by atoms with E-state index in [-0.39, 0.29) is 23.0 Å². The SMILES string of the molecule is CCCCC12CCOC(=O)CCC(C)(C)C(=O)CCC(C)CCCC1(C)O2. The Morgan fingerprint density at radius 3 is 2.48 bits per heavy atom. The van der Waals surface area contributed by atoms with Crippen LogP contribution in [0.2, 0.25) is 0 Å². The van der Waals surface area contributed by atoms with Gasteiger partial charge in [-0.25, -0.2) is 0 Å². The van der Waals surface area contributed by atoms with Gasteiger partial charge < -0.3 is 9.47 Å². The average Bonchev–Trinajstić information content (AvgIpc) is 3.19. The van der Waals surface area contributed by atoms with Crippen LogP contribution in [0.4, 0.5) is 0 Å². The zero-order valence-corrected chi connectivity index (χ0v) is 18.2. The molecule has 2 aliphatic heterocycles. The van der Waals surface area contributed by atoms with Crippen LogP contribution in [-0.4, -0.2) is 29.6 Å². The quantitative estimate of drug-likeness (QED) is 0.471. The van der Waals surface area contributed by atoms with Crippen molar-refractivity contribution in [2.24, 2.45) is 11.3 Å². The first-order chi connectivity index (χ1) is 12.6. The van der Waals surface area contributed by atoms with Crippen molar-refractivity contribution in [3.63, 3.8) is 0 Å². The van der Waals surface area contributed by atoms with E-state index < -0.39 is 5.41 Å². The summed E-state index contributed by atoms with van der Waals surface area (Å²) in [7, 11) is 0. The lowest BCUT2D eigenvalue weighted by Gasteiger charge is -2.24. The van der Waals surface area contributed by atoms with Crippen molar-refractivity contribution in [1.82, 2.24) is 0 Å². The lowest BCUT2D eigenvalue weighted by atomic mass is 9.79. The van der Waals surface area contributed by atoms with E-state index in [0.717, 1.165) is 51.4 Å². The average molecular weight is 381 g/mol. The van der Waals surface area contributed by atoms with Crippen LogP contribution >= 0.6 is 0 Å². The number of epoxide rings is 1. The minimum Gasteiger partial charge on any atom is -0.466 e. The number of fused-ring (bicyclic) bond motifs is 1. The lowest BCUT2D eigenvalue weighted by Crippen LogP contribution is -2.28. The third-order valence-corrected chi connectivity index (χ3v) is 6.97. The van der Waals surface area contributed by atoms with Crippen LogP contribution < -0.4 is 0 Å². The van der Waals surface area contributed by atoms with E-state index in [1.54, 1.807) is 0 Å². The van der Waals surface area contributed by atoms with Crippen LogP contribution in [0.3, 0.4) is 0 Å². The molecule has 0 aromatic carbocycles. The Morgan fingerprint density at radius 1 is 1.04 bits per heavy atom. The number of esters is 1. The molecule has 156 valence electrons. The molecule has 3 unspecified atom stereocenters. The zero-order valence-electron chi connectivity index (χ0n) is 18.2. The number of carbonyl (C=O) groups excluding carboxylic acids is 2. The Labute approximate surface area is 165 Å². The van der Waals surface area contributed by atoms with Gasteiger partial charge in [-0.15, -0.1) is 0 Å². The number of Topliss-reactive ketones (excluding diaryl/α,β-unsaturated/α-hetero) is 1. The molecule has 0 aromatic heterocycles. The van der Waals surface area contributed by atoms with E-state index in [2.05, 4.69) is 20.8 Å². The van der Waals surface area contributed by atoms with Gasteiger partial charge in [0.05, 0.1) is 12.2 Å². The second-order valence-electron chi connectivity index (χ2n) is 9.74. The highest BCUT2D eigenvalue weighted by Gasteiger charge is 2.64. The van der Waals surface area contributed by atoms with Gasteiger partial charge in [0.1, 0.15) is 11.4 Å². The van der Waals surface area contributed by atoms with Gasteiger partial charge in [0, 0.05) is 24.7 Å². The summed E-state index contributed by atoms with van der Waals surface area (Å²) in [5.41, 5.74) is -0.641. The van der Waals surface area contributed by atoms with Crippen molar-refractivity contribution in [3.05, 3.63) is 0 Å². The fourth-order valence-corrected chi connectivity index (χ4v) is 4.51. The smallest absolute Gasteiger partial charge is 0.305 e. The van der Waals surface area contributed by atoms with E-state index in [1.165, 1.54) is 0 Å². The van der Waals surface area contributed by atoms with Gasteiger partial charge in [-0.1, -0.05) is 53.4 Å². The second kappa shape index (κ2) is 9.07. The normalized spacial score (nSPS) is 36.0. The predicted molar refractivity (Wildman–Crippen MR) is 108 cm³/mol. The Kier molecular flexibility index (Phi) is 7.52. The molecule has 0 spiro atoms. The first-order valence-electron chi connectivity index (χ1n) is 11.0. The maximum Gasteiger partial charge on any atom is 0.305 e. The van der Waals surface area contributed by atoms with Crippen LogP contribution in [-0.2, 0) is 19.1 Å². The van der Waals surface area contributed by atoms with E-state index in [0.29, 0.717) is 31.8 Å². The number of carbonyl (C=O) groups is 2. The molecule has 2 fully saturated rings. The molecule has 4 heteroatoms. The minimum atomic E-state index is -0.448. The molecular weight excluding hydrogens is 340 g/mol. The van der Waals surface area contributed by atoms with E-state index in [9.17, 15) is 9.59 Å². The molecule has 2 rings (SSSR count). The summed E-state index contributed by atoms with van der Waals surface area (Å²) in [4.78, 5) is 24.7. The molecule has 27 heavy (non-hydrogen) atoms. The third kappa shape index (κ3) is 5.79. The molecule has 2 heterocycles. The highest BCUT2D eigenvalue weighted by molar-refractivity contribution is 5.84. The van der Waals surface area contributed by atoms with Crippen LogP contribution in [0, 0.1) is 11.3 Å². The van der Waals surface area contributed by atoms with Crippen molar-refractivity contribution in [2.45, 2.75) is 116 Å². The molecule has 2 aliphatic rings. The second-order valence-corrected chi connectivity index (χ2v) is 9.74. The van der Waals surface area contributed by atoms with Gasteiger partial charge >= 0.3 is 5.97 Å². The van der Waals surface area contributed by atoms with Crippen LogP contribution in [0.15, 0.2) is 0 Å². The number of unbranched alkanes of at least 4 members (excludes halogenated alkanes) is 1. The van der Waals surface area contributed by atoms with E-state index in [1.807, 2.05) is 13.8 Å². The van der Waals surface area contributed by atoms with Gasteiger partial charge in [0.15, 0.2) is 0 Å². The predicted octanol–water partition coefficient (Wildman–Crippen LogP) is 5.61. The fraction of sp³-hybridized carbons (Fsp3) is 0.913. The number of ketones is 1. The largest absolute Gasteiger partial charge is 0.466 e. The van der Waals surface area contributed by atoms with Crippen molar-refractivity contribution in [1.29, 1.82) is 0 Å². The van der Waals surface area contributed by atoms with E-state index in [4.69, 9.17) is 9.47 Å². The Bertz CT molecular complexity index is 526. The number of rotatable bonds is 3. The van der Waals surface area contributed by atoms with Crippen molar-refractivity contribution < 1.29 is 19.1 Å². The van der Waals surface area contributed by atoms with Crippen molar-refractivity contribution in [2.75, 3.05) is 6.61 Å². The standard InChI is InChI=1S/C23H40O4/c1-6-7-14-23-16-17-26-20(25)12-15-21(3,4)19(24)11-10-18(2)9-8-13-22(23,5)27-23/h18H,6-17H2,1-5H3. The minimum absolute atomic E-state index is 0.0802. The lowest BCUT2D eigenvalue weighted by molar-refractivity contribution is -0.145. The molecule has 0 saturated carbocycles.